The number of ether oxygens (including phenoxy) is 1. The summed E-state index contributed by atoms with van der Waals surface area (Å²) in [6.45, 7) is 1.48. The van der Waals surface area contributed by atoms with Crippen molar-refractivity contribution in [3.63, 3.8) is 0 Å². The van der Waals surface area contributed by atoms with Gasteiger partial charge in [-0.05, 0) is 66.3 Å². The van der Waals surface area contributed by atoms with Crippen molar-refractivity contribution in [3.8, 4) is 5.75 Å². The first-order chi connectivity index (χ1) is 15.7. The summed E-state index contributed by atoms with van der Waals surface area (Å²) in [5.41, 5.74) is 2.30. The molecular formula is C25H28F3NO4. The minimum atomic E-state index is -4.37. The summed E-state index contributed by atoms with van der Waals surface area (Å²) in [6.07, 6.45) is 2.22. The second-order valence-electron chi connectivity index (χ2n) is 8.38. The van der Waals surface area contributed by atoms with E-state index >= 15 is 0 Å². The highest BCUT2D eigenvalue weighted by atomic mass is 19.4. The first kappa shape index (κ1) is 24.6. The van der Waals surface area contributed by atoms with E-state index in [9.17, 15) is 18.0 Å². The molecular weight excluding hydrogens is 435 g/mol. The van der Waals surface area contributed by atoms with Crippen LogP contribution in [0.2, 0.25) is 0 Å². The monoisotopic (exact) mass is 463 g/mol. The summed E-state index contributed by atoms with van der Waals surface area (Å²) in [7, 11) is 0. The molecule has 0 amide bonds. The van der Waals surface area contributed by atoms with Gasteiger partial charge in [0.15, 0.2) is 6.61 Å². The van der Waals surface area contributed by atoms with Crippen molar-refractivity contribution >= 4 is 11.7 Å². The Bertz CT molecular complexity index is 965. The quantitative estimate of drug-likeness (QED) is 0.347. The average molecular weight is 463 g/mol. The third kappa shape index (κ3) is 7.51. The van der Waals surface area contributed by atoms with E-state index in [2.05, 4.69) is 5.16 Å². The van der Waals surface area contributed by atoms with Gasteiger partial charge in [0.1, 0.15) is 12.4 Å². The second-order valence-corrected chi connectivity index (χ2v) is 8.38. The van der Waals surface area contributed by atoms with E-state index in [0.717, 1.165) is 48.2 Å². The summed E-state index contributed by atoms with van der Waals surface area (Å²) in [5.74, 6) is -0.0612. The standard InChI is InChI=1S/C25H28F3NO4/c1-17-13-20(9-12-23(17)32-16-24(30)31)22(14-18-5-3-2-4-6-18)29-33-15-19-7-10-21(11-8-19)25(26,27)28/h7-13,18H,2-6,14-16H2,1H3,(H,30,31)/b29-22+. The van der Waals surface area contributed by atoms with Crippen molar-refractivity contribution in [1.82, 2.24) is 0 Å². The fraction of sp³-hybridized carbons (Fsp3) is 0.440. The Balaban J connectivity index is 1.74. The molecule has 0 aliphatic heterocycles. The summed E-state index contributed by atoms with van der Waals surface area (Å²) >= 11 is 0. The van der Waals surface area contributed by atoms with Gasteiger partial charge in [0, 0.05) is 0 Å². The number of aryl methyl sites for hydroxylation is 1. The lowest BCUT2D eigenvalue weighted by Crippen LogP contribution is -2.14. The van der Waals surface area contributed by atoms with Gasteiger partial charge in [-0.2, -0.15) is 13.2 Å². The van der Waals surface area contributed by atoms with E-state index in [-0.39, 0.29) is 6.61 Å². The average Bonchev–Trinajstić information content (AvgIpc) is 2.78. The van der Waals surface area contributed by atoms with Crippen LogP contribution in [0.3, 0.4) is 0 Å². The van der Waals surface area contributed by atoms with E-state index in [0.29, 0.717) is 17.2 Å². The zero-order chi connectivity index (χ0) is 23.8. The number of carbonyl (C=O) groups is 1. The summed E-state index contributed by atoms with van der Waals surface area (Å²) in [6, 6.07) is 10.3. The number of carboxylic acids is 1. The van der Waals surface area contributed by atoms with E-state index in [1.807, 2.05) is 19.1 Å². The molecule has 1 fully saturated rings. The van der Waals surface area contributed by atoms with E-state index in [1.54, 1.807) is 6.07 Å². The molecule has 1 saturated carbocycles. The summed E-state index contributed by atoms with van der Waals surface area (Å²) in [4.78, 5) is 16.3. The van der Waals surface area contributed by atoms with Gasteiger partial charge < -0.3 is 14.7 Å². The molecule has 3 rings (SSSR count). The highest BCUT2D eigenvalue weighted by Gasteiger charge is 2.29. The van der Waals surface area contributed by atoms with E-state index < -0.39 is 24.3 Å². The number of alkyl halides is 3. The Morgan fingerprint density at radius 3 is 2.39 bits per heavy atom. The number of halogens is 3. The van der Waals surface area contributed by atoms with Gasteiger partial charge in [0.05, 0.1) is 11.3 Å². The fourth-order valence-electron chi connectivity index (χ4n) is 3.98. The van der Waals surface area contributed by atoms with Gasteiger partial charge in [-0.15, -0.1) is 0 Å². The first-order valence-electron chi connectivity index (χ1n) is 11.0. The number of rotatable bonds is 9. The van der Waals surface area contributed by atoms with Crippen LogP contribution in [-0.2, 0) is 22.4 Å². The molecule has 1 aliphatic carbocycles. The normalized spacial score (nSPS) is 15.3. The fourth-order valence-corrected chi connectivity index (χ4v) is 3.98. The number of aliphatic carboxylic acids is 1. The number of carboxylic acid groups (broad SMARTS) is 1. The molecule has 0 heterocycles. The van der Waals surface area contributed by atoms with Gasteiger partial charge in [0.25, 0.3) is 0 Å². The Kier molecular flexibility index (Phi) is 8.36. The van der Waals surface area contributed by atoms with Crippen LogP contribution in [0.25, 0.3) is 0 Å². The molecule has 0 saturated heterocycles. The molecule has 2 aromatic carbocycles. The van der Waals surface area contributed by atoms with Gasteiger partial charge in [0.2, 0.25) is 0 Å². The highest BCUT2D eigenvalue weighted by molar-refractivity contribution is 6.00. The predicted octanol–water partition coefficient (Wildman–Crippen LogP) is 6.37. The van der Waals surface area contributed by atoms with Gasteiger partial charge in [-0.1, -0.05) is 49.4 Å². The second kappa shape index (κ2) is 11.2. The Morgan fingerprint density at radius 1 is 1.09 bits per heavy atom. The molecule has 8 heteroatoms. The van der Waals surface area contributed by atoms with Crippen molar-refractivity contribution in [2.24, 2.45) is 11.1 Å². The third-order valence-corrected chi connectivity index (χ3v) is 5.75. The van der Waals surface area contributed by atoms with Crippen LogP contribution in [0.15, 0.2) is 47.6 Å². The van der Waals surface area contributed by atoms with E-state index in [1.165, 1.54) is 31.4 Å². The molecule has 0 unspecified atom stereocenters. The summed E-state index contributed by atoms with van der Waals surface area (Å²) < 4.78 is 43.5. The van der Waals surface area contributed by atoms with Gasteiger partial charge in [-0.3, -0.25) is 0 Å². The number of hydrogen-bond donors (Lipinski definition) is 1. The zero-order valence-electron chi connectivity index (χ0n) is 18.5. The maximum Gasteiger partial charge on any atom is 0.416 e. The molecule has 0 atom stereocenters. The minimum Gasteiger partial charge on any atom is -0.482 e. The molecule has 0 aromatic heterocycles. The molecule has 178 valence electrons. The van der Waals surface area contributed by atoms with E-state index in [4.69, 9.17) is 14.7 Å². The number of oxime groups is 1. The third-order valence-electron chi connectivity index (χ3n) is 5.75. The lowest BCUT2D eigenvalue weighted by atomic mass is 9.84. The van der Waals surface area contributed by atoms with Gasteiger partial charge >= 0.3 is 12.1 Å². The van der Waals surface area contributed by atoms with Crippen LogP contribution in [-0.4, -0.2) is 23.4 Å². The number of benzene rings is 2. The topological polar surface area (TPSA) is 68.1 Å². The zero-order valence-corrected chi connectivity index (χ0v) is 18.5. The van der Waals surface area contributed by atoms with Crippen LogP contribution < -0.4 is 4.74 Å². The molecule has 1 aliphatic rings. The number of nitrogens with zero attached hydrogens (tertiary/aromatic N) is 1. The lowest BCUT2D eigenvalue weighted by Gasteiger charge is -2.22. The van der Waals surface area contributed by atoms with Crippen LogP contribution in [0.4, 0.5) is 13.2 Å². The Hall–Kier alpha value is -3.03. The van der Waals surface area contributed by atoms with Crippen molar-refractivity contribution < 1.29 is 32.6 Å². The molecule has 1 N–H and O–H groups in total. The molecule has 0 radical (unpaired) electrons. The van der Waals surface area contributed by atoms with Crippen LogP contribution in [0.5, 0.6) is 5.75 Å². The predicted molar refractivity (Wildman–Crippen MR) is 118 cm³/mol. The van der Waals surface area contributed by atoms with Crippen molar-refractivity contribution in [2.45, 2.75) is 58.2 Å². The smallest absolute Gasteiger partial charge is 0.416 e. The van der Waals surface area contributed by atoms with Crippen LogP contribution in [0.1, 0.15) is 60.8 Å². The minimum absolute atomic E-state index is 0.0606. The van der Waals surface area contributed by atoms with Crippen molar-refractivity contribution in [1.29, 1.82) is 0 Å². The lowest BCUT2D eigenvalue weighted by molar-refractivity contribution is -0.139. The van der Waals surface area contributed by atoms with Crippen molar-refractivity contribution in [3.05, 3.63) is 64.7 Å². The largest absolute Gasteiger partial charge is 0.482 e. The maximum atomic E-state index is 12.7. The van der Waals surface area contributed by atoms with Crippen LogP contribution >= 0.6 is 0 Å². The molecule has 0 bridgehead atoms. The molecule has 2 aromatic rings. The molecule has 0 spiro atoms. The Labute approximate surface area is 191 Å². The summed E-state index contributed by atoms with van der Waals surface area (Å²) in [5, 5.41) is 13.2. The van der Waals surface area contributed by atoms with Crippen LogP contribution in [0, 0.1) is 12.8 Å². The Morgan fingerprint density at radius 2 is 1.79 bits per heavy atom. The SMILES string of the molecule is Cc1cc(/C(CC2CCCCC2)=N/OCc2ccc(C(F)(F)F)cc2)ccc1OCC(=O)O. The number of hydrogen-bond acceptors (Lipinski definition) is 4. The first-order valence-corrected chi connectivity index (χ1v) is 11.0. The molecule has 33 heavy (non-hydrogen) atoms. The maximum absolute atomic E-state index is 12.7. The van der Waals surface area contributed by atoms with Crippen molar-refractivity contribution in [2.75, 3.05) is 6.61 Å². The highest BCUT2D eigenvalue weighted by Crippen LogP contribution is 2.30. The molecule has 5 nitrogen and oxygen atoms in total. The van der Waals surface area contributed by atoms with Gasteiger partial charge in [-0.25, -0.2) is 4.79 Å².